The number of rotatable bonds is 5. The highest BCUT2D eigenvalue weighted by Crippen LogP contribution is 2.32. The molecule has 114 valence electrons. The largest absolute Gasteiger partial charge is 0.481 e. The summed E-state index contributed by atoms with van der Waals surface area (Å²) < 4.78 is 0. The van der Waals surface area contributed by atoms with Crippen LogP contribution in [0.25, 0.3) is 0 Å². The summed E-state index contributed by atoms with van der Waals surface area (Å²) in [5.41, 5.74) is 0.613. The van der Waals surface area contributed by atoms with Crippen LogP contribution in [0.4, 0.5) is 11.4 Å². The minimum atomic E-state index is -1.10. The first kappa shape index (κ1) is 15.6. The van der Waals surface area contributed by atoms with Crippen LogP contribution in [0.5, 0.6) is 0 Å². The molecule has 3 N–H and O–H groups in total. The van der Waals surface area contributed by atoms with Gasteiger partial charge in [0.15, 0.2) is 0 Å². The van der Waals surface area contributed by atoms with E-state index >= 15 is 0 Å². The molecular formula is C17H17NO4. The second kappa shape index (κ2) is 5.89. The van der Waals surface area contributed by atoms with Crippen molar-refractivity contribution in [1.29, 1.82) is 0 Å². The molecule has 5 heteroatoms. The summed E-state index contributed by atoms with van der Waals surface area (Å²) in [5, 5.41) is 21.7. The Morgan fingerprint density at radius 2 is 1.45 bits per heavy atom. The molecule has 0 aromatic heterocycles. The Labute approximate surface area is 128 Å². The smallest absolute Gasteiger partial charge is 0.337 e. The van der Waals surface area contributed by atoms with Crippen molar-refractivity contribution in [3.63, 3.8) is 0 Å². The van der Waals surface area contributed by atoms with Crippen LogP contribution in [0.1, 0.15) is 29.8 Å². The second-order valence-electron chi connectivity index (χ2n) is 5.45. The first-order chi connectivity index (χ1) is 10.3. The summed E-state index contributed by atoms with van der Waals surface area (Å²) in [7, 11) is 0. The lowest BCUT2D eigenvalue weighted by Crippen LogP contribution is -2.29. The van der Waals surface area contributed by atoms with Crippen molar-refractivity contribution in [3.8, 4) is 0 Å². The Morgan fingerprint density at radius 1 is 0.909 bits per heavy atom. The van der Waals surface area contributed by atoms with Crippen LogP contribution >= 0.6 is 0 Å². The van der Waals surface area contributed by atoms with E-state index in [9.17, 15) is 19.8 Å². The Bertz CT molecular complexity index is 722. The molecule has 0 fully saturated rings. The SMILES string of the molecule is CC(C)(C(=O)O)c1ccccc1Nc1ccccc1C(=O)O. The van der Waals surface area contributed by atoms with Gasteiger partial charge >= 0.3 is 11.9 Å². The maximum Gasteiger partial charge on any atom is 0.337 e. The molecule has 2 aromatic rings. The molecule has 0 spiro atoms. The van der Waals surface area contributed by atoms with E-state index in [2.05, 4.69) is 5.32 Å². The summed E-state index contributed by atoms with van der Waals surface area (Å²) in [4.78, 5) is 22.7. The van der Waals surface area contributed by atoms with E-state index in [4.69, 9.17) is 0 Å². The number of hydrogen-bond acceptors (Lipinski definition) is 3. The van der Waals surface area contributed by atoms with E-state index in [1.54, 1.807) is 56.3 Å². The van der Waals surface area contributed by atoms with Gasteiger partial charge in [0.05, 0.1) is 16.7 Å². The van der Waals surface area contributed by atoms with Gasteiger partial charge in [-0.05, 0) is 37.6 Å². The molecule has 5 nitrogen and oxygen atoms in total. The zero-order valence-electron chi connectivity index (χ0n) is 12.3. The predicted molar refractivity (Wildman–Crippen MR) is 83.8 cm³/mol. The number of carboxylic acids is 2. The minimum absolute atomic E-state index is 0.130. The average molecular weight is 299 g/mol. The maximum absolute atomic E-state index is 11.5. The van der Waals surface area contributed by atoms with Gasteiger partial charge < -0.3 is 15.5 Å². The summed E-state index contributed by atoms with van der Waals surface area (Å²) in [6, 6.07) is 13.5. The lowest BCUT2D eigenvalue weighted by atomic mass is 9.83. The van der Waals surface area contributed by atoms with Crippen molar-refractivity contribution in [2.24, 2.45) is 0 Å². The van der Waals surface area contributed by atoms with Gasteiger partial charge in [-0.1, -0.05) is 30.3 Å². The first-order valence-corrected chi connectivity index (χ1v) is 6.76. The van der Waals surface area contributed by atoms with Crippen LogP contribution < -0.4 is 5.32 Å². The van der Waals surface area contributed by atoms with Gasteiger partial charge in [-0.15, -0.1) is 0 Å². The quantitative estimate of drug-likeness (QED) is 0.786. The third-order valence-electron chi connectivity index (χ3n) is 3.56. The van der Waals surface area contributed by atoms with Gasteiger partial charge in [0.25, 0.3) is 0 Å². The Hall–Kier alpha value is -2.82. The number of hydrogen-bond donors (Lipinski definition) is 3. The highest BCUT2D eigenvalue weighted by atomic mass is 16.4. The third kappa shape index (κ3) is 2.93. The monoisotopic (exact) mass is 299 g/mol. The third-order valence-corrected chi connectivity index (χ3v) is 3.56. The number of carbonyl (C=O) groups is 2. The molecule has 22 heavy (non-hydrogen) atoms. The Morgan fingerprint density at radius 3 is 2.05 bits per heavy atom. The number of nitrogens with one attached hydrogen (secondary N) is 1. The van der Waals surface area contributed by atoms with Gasteiger partial charge in [0, 0.05) is 5.69 Å². The number of carboxylic acid groups (broad SMARTS) is 2. The lowest BCUT2D eigenvalue weighted by Gasteiger charge is -2.24. The molecule has 0 aliphatic heterocycles. The number of aliphatic carboxylic acids is 1. The van der Waals surface area contributed by atoms with E-state index in [0.717, 1.165) is 0 Å². The van der Waals surface area contributed by atoms with E-state index in [0.29, 0.717) is 16.9 Å². The highest BCUT2D eigenvalue weighted by Gasteiger charge is 2.31. The summed E-state index contributed by atoms with van der Waals surface area (Å²) in [6.07, 6.45) is 0. The molecular weight excluding hydrogens is 282 g/mol. The van der Waals surface area contributed by atoms with Crippen molar-refractivity contribution in [1.82, 2.24) is 0 Å². The molecule has 0 amide bonds. The molecule has 2 rings (SSSR count). The number of anilines is 2. The normalized spacial score (nSPS) is 11.0. The summed E-state index contributed by atoms with van der Waals surface area (Å²) in [5.74, 6) is -1.99. The fourth-order valence-corrected chi connectivity index (χ4v) is 2.18. The molecule has 2 aromatic carbocycles. The van der Waals surface area contributed by atoms with E-state index in [1.807, 2.05) is 0 Å². The predicted octanol–water partition coefficient (Wildman–Crippen LogP) is 3.49. The summed E-state index contributed by atoms with van der Waals surface area (Å²) in [6.45, 7) is 3.22. The second-order valence-corrected chi connectivity index (χ2v) is 5.45. The fourth-order valence-electron chi connectivity index (χ4n) is 2.18. The number of benzene rings is 2. The van der Waals surface area contributed by atoms with Crippen LogP contribution in [0.15, 0.2) is 48.5 Å². The Balaban J connectivity index is 2.48. The molecule has 0 saturated heterocycles. The Kier molecular flexibility index (Phi) is 4.17. The molecule has 0 aliphatic carbocycles. The van der Waals surface area contributed by atoms with Crippen LogP contribution in [-0.2, 0) is 10.2 Å². The number of aromatic carboxylic acids is 1. The zero-order chi connectivity index (χ0) is 16.3. The van der Waals surface area contributed by atoms with Crippen LogP contribution in [0.2, 0.25) is 0 Å². The minimum Gasteiger partial charge on any atom is -0.481 e. The highest BCUT2D eigenvalue weighted by molar-refractivity contribution is 5.95. The average Bonchev–Trinajstić information content (AvgIpc) is 2.47. The van der Waals surface area contributed by atoms with Gasteiger partial charge in [-0.25, -0.2) is 4.79 Å². The maximum atomic E-state index is 11.5. The molecule has 0 heterocycles. The first-order valence-electron chi connectivity index (χ1n) is 6.76. The van der Waals surface area contributed by atoms with Crippen molar-refractivity contribution in [2.75, 3.05) is 5.32 Å². The van der Waals surface area contributed by atoms with Gasteiger partial charge in [-0.3, -0.25) is 4.79 Å². The van der Waals surface area contributed by atoms with Crippen LogP contribution in [0, 0.1) is 0 Å². The van der Waals surface area contributed by atoms with Crippen LogP contribution in [-0.4, -0.2) is 22.2 Å². The van der Waals surface area contributed by atoms with Crippen molar-refractivity contribution in [3.05, 3.63) is 59.7 Å². The molecule has 0 atom stereocenters. The zero-order valence-corrected chi connectivity index (χ0v) is 12.3. The van der Waals surface area contributed by atoms with Crippen LogP contribution in [0.3, 0.4) is 0 Å². The van der Waals surface area contributed by atoms with Crippen molar-refractivity contribution >= 4 is 23.3 Å². The number of para-hydroxylation sites is 2. The van der Waals surface area contributed by atoms with Gasteiger partial charge in [0.2, 0.25) is 0 Å². The van der Waals surface area contributed by atoms with Crippen molar-refractivity contribution < 1.29 is 19.8 Å². The molecule has 0 radical (unpaired) electrons. The molecule has 0 aliphatic rings. The molecule has 0 saturated carbocycles. The van der Waals surface area contributed by atoms with E-state index in [1.165, 1.54) is 6.07 Å². The fraction of sp³-hybridized carbons (Fsp3) is 0.176. The molecule has 0 bridgehead atoms. The van der Waals surface area contributed by atoms with Gasteiger partial charge in [0.1, 0.15) is 0 Å². The summed E-state index contributed by atoms with van der Waals surface area (Å²) >= 11 is 0. The van der Waals surface area contributed by atoms with Gasteiger partial charge in [-0.2, -0.15) is 0 Å². The van der Waals surface area contributed by atoms with Crippen molar-refractivity contribution in [2.45, 2.75) is 19.3 Å². The molecule has 0 unspecified atom stereocenters. The van der Waals surface area contributed by atoms with E-state index in [-0.39, 0.29) is 5.56 Å². The topological polar surface area (TPSA) is 86.6 Å². The standard InChI is InChI=1S/C17H17NO4/c1-17(2,16(21)22)12-8-4-6-10-14(12)18-13-9-5-3-7-11(13)15(19)20/h3-10,18H,1-2H3,(H,19,20)(H,21,22). The lowest BCUT2D eigenvalue weighted by molar-refractivity contribution is -0.142. The van der Waals surface area contributed by atoms with E-state index < -0.39 is 17.4 Å².